The van der Waals surface area contributed by atoms with Crippen LogP contribution in [0.1, 0.15) is 44.2 Å². The highest BCUT2D eigenvalue weighted by atomic mass is 16.6. The van der Waals surface area contributed by atoms with Crippen LogP contribution in [0.5, 0.6) is 0 Å². The zero-order chi connectivity index (χ0) is 20.9. The number of carbonyl (C=O) groups excluding carboxylic acids is 2. The lowest BCUT2D eigenvalue weighted by atomic mass is 9.88. The summed E-state index contributed by atoms with van der Waals surface area (Å²) in [5.74, 6) is 0.139. The highest BCUT2D eigenvalue weighted by Crippen LogP contribution is 2.28. The van der Waals surface area contributed by atoms with E-state index in [0.29, 0.717) is 32.6 Å². The molecule has 1 saturated heterocycles. The minimum absolute atomic E-state index is 0.0220. The maximum absolute atomic E-state index is 13.1. The minimum Gasteiger partial charge on any atom is -0.444 e. The third-order valence-corrected chi connectivity index (χ3v) is 5.07. The number of amides is 2. The molecule has 0 unspecified atom stereocenters. The fourth-order valence-electron chi connectivity index (χ4n) is 3.57. The lowest BCUT2D eigenvalue weighted by Crippen LogP contribution is -2.51. The molecule has 1 aliphatic rings. The molecule has 2 aromatic rings. The monoisotopic (exact) mass is 394 g/mol. The molecule has 5 nitrogen and oxygen atoms in total. The topological polar surface area (TPSA) is 49.9 Å². The van der Waals surface area contributed by atoms with E-state index in [1.807, 2.05) is 62.1 Å². The van der Waals surface area contributed by atoms with Gasteiger partial charge in [0, 0.05) is 38.5 Å². The summed E-state index contributed by atoms with van der Waals surface area (Å²) >= 11 is 0. The number of hydrogen-bond acceptors (Lipinski definition) is 3. The summed E-state index contributed by atoms with van der Waals surface area (Å²) in [5.41, 5.74) is 1.77. The van der Waals surface area contributed by atoms with Crippen molar-refractivity contribution in [3.63, 3.8) is 0 Å². The highest BCUT2D eigenvalue weighted by molar-refractivity contribution is 5.78. The van der Waals surface area contributed by atoms with Crippen molar-refractivity contribution in [1.29, 1.82) is 0 Å². The normalized spacial score (nSPS) is 14.8. The molecule has 3 rings (SSSR count). The first kappa shape index (κ1) is 20.9. The van der Waals surface area contributed by atoms with Crippen LogP contribution in [0, 0.1) is 0 Å². The van der Waals surface area contributed by atoms with E-state index in [2.05, 4.69) is 24.3 Å². The Balaban J connectivity index is 1.63. The first-order chi connectivity index (χ1) is 13.8. The molecular formula is C24H30N2O3. The summed E-state index contributed by atoms with van der Waals surface area (Å²) < 4.78 is 5.44. The van der Waals surface area contributed by atoms with E-state index in [1.54, 1.807) is 4.90 Å². The molecule has 1 heterocycles. The Labute approximate surface area is 173 Å². The molecule has 0 bridgehead atoms. The maximum atomic E-state index is 13.1. The molecule has 1 fully saturated rings. The number of piperazine rings is 1. The van der Waals surface area contributed by atoms with Gasteiger partial charge < -0.3 is 14.5 Å². The average molecular weight is 395 g/mol. The number of ether oxygens (including phenoxy) is 1. The Hall–Kier alpha value is -2.82. The van der Waals surface area contributed by atoms with Crippen LogP contribution >= 0.6 is 0 Å². The highest BCUT2D eigenvalue weighted by Gasteiger charge is 2.29. The second kappa shape index (κ2) is 9.12. The predicted octanol–water partition coefficient (Wildman–Crippen LogP) is 4.29. The molecule has 0 saturated carbocycles. The maximum Gasteiger partial charge on any atom is 0.410 e. The summed E-state index contributed by atoms with van der Waals surface area (Å²) in [6, 6.07) is 20.3. The number of nitrogens with zero attached hydrogens (tertiary/aromatic N) is 2. The molecular weight excluding hydrogens is 364 g/mol. The van der Waals surface area contributed by atoms with Gasteiger partial charge in [-0.1, -0.05) is 60.7 Å². The summed E-state index contributed by atoms with van der Waals surface area (Å²) in [6.45, 7) is 7.65. The third kappa shape index (κ3) is 5.83. The number of carbonyl (C=O) groups is 2. The average Bonchev–Trinajstić information content (AvgIpc) is 2.72. The van der Waals surface area contributed by atoms with Gasteiger partial charge in [-0.25, -0.2) is 4.79 Å². The Morgan fingerprint density at radius 2 is 1.28 bits per heavy atom. The molecule has 0 spiro atoms. The van der Waals surface area contributed by atoms with E-state index >= 15 is 0 Å². The first-order valence-corrected chi connectivity index (χ1v) is 10.2. The van der Waals surface area contributed by atoms with E-state index in [4.69, 9.17) is 4.74 Å². The van der Waals surface area contributed by atoms with Crippen LogP contribution < -0.4 is 0 Å². The van der Waals surface area contributed by atoms with Crippen LogP contribution in [0.15, 0.2) is 60.7 Å². The molecule has 29 heavy (non-hydrogen) atoms. The third-order valence-electron chi connectivity index (χ3n) is 5.07. The minimum atomic E-state index is -0.511. The van der Waals surface area contributed by atoms with Gasteiger partial charge in [-0.3, -0.25) is 4.79 Å². The van der Waals surface area contributed by atoms with Gasteiger partial charge in [0.1, 0.15) is 5.60 Å². The second-order valence-electron chi connectivity index (χ2n) is 8.43. The van der Waals surface area contributed by atoms with Gasteiger partial charge in [-0.15, -0.1) is 0 Å². The van der Waals surface area contributed by atoms with Gasteiger partial charge in [0.2, 0.25) is 5.91 Å². The molecule has 0 N–H and O–H groups in total. The van der Waals surface area contributed by atoms with Crippen molar-refractivity contribution in [3.05, 3.63) is 71.8 Å². The van der Waals surface area contributed by atoms with E-state index in [9.17, 15) is 9.59 Å². The van der Waals surface area contributed by atoms with Gasteiger partial charge >= 0.3 is 6.09 Å². The van der Waals surface area contributed by atoms with Gasteiger partial charge in [0.15, 0.2) is 0 Å². The molecule has 154 valence electrons. The molecule has 5 heteroatoms. The first-order valence-electron chi connectivity index (χ1n) is 10.2. The van der Waals surface area contributed by atoms with Gasteiger partial charge in [-0.2, -0.15) is 0 Å². The van der Waals surface area contributed by atoms with Crippen molar-refractivity contribution in [1.82, 2.24) is 9.80 Å². The smallest absolute Gasteiger partial charge is 0.410 e. The van der Waals surface area contributed by atoms with Gasteiger partial charge in [0.25, 0.3) is 0 Å². The van der Waals surface area contributed by atoms with Crippen LogP contribution in [0.4, 0.5) is 4.79 Å². The van der Waals surface area contributed by atoms with Crippen LogP contribution in [-0.2, 0) is 9.53 Å². The number of benzene rings is 2. The largest absolute Gasteiger partial charge is 0.444 e. The van der Waals surface area contributed by atoms with Crippen molar-refractivity contribution in [2.45, 2.75) is 38.7 Å². The van der Waals surface area contributed by atoms with Crippen molar-refractivity contribution in [3.8, 4) is 0 Å². The number of hydrogen-bond donors (Lipinski definition) is 0. The molecule has 2 aromatic carbocycles. The molecule has 0 aromatic heterocycles. The standard InChI is InChI=1S/C24H30N2O3/c1-24(2,3)29-23(28)26-16-14-25(15-17-26)22(27)18-21(19-10-6-4-7-11-19)20-12-8-5-9-13-20/h4-13,21H,14-18H2,1-3H3. The van der Waals surface area contributed by atoms with Crippen molar-refractivity contribution in [2.75, 3.05) is 26.2 Å². The van der Waals surface area contributed by atoms with Crippen LogP contribution in [-0.4, -0.2) is 53.6 Å². The quantitative estimate of drug-likeness (QED) is 0.777. The lowest BCUT2D eigenvalue weighted by Gasteiger charge is -2.36. The lowest BCUT2D eigenvalue weighted by molar-refractivity contribution is -0.133. The Bertz CT molecular complexity index is 768. The summed E-state index contributed by atoms with van der Waals surface area (Å²) in [5, 5.41) is 0. The fraction of sp³-hybridized carbons (Fsp3) is 0.417. The fourth-order valence-corrected chi connectivity index (χ4v) is 3.57. The Kier molecular flexibility index (Phi) is 6.57. The summed E-state index contributed by atoms with van der Waals surface area (Å²) in [6.07, 6.45) is 0.108. The Morgan fingerprint density at radius 3 is 1.72 bits per heavy atom. The summed E-state index contributed by atoms with van der Waals surface area (Å²) in [4.78, 5) is 28.8. The van der Waals surface area contributed by atoms with Crippen molar-refractivity contribution < 1.29 is 14.3 Å². The zero-order valence-corrected chi connectivity index (χ0v) is 17.5. The second-order valence-corrected chi connectivity index (χ2v) is 8.43. The van der Waals surface area contributed by atoms with Gasteiger partial charge in [0.05, 0.1) is 0 Å². The predicted molar refractivity (Wildman–Crippen MR) is 114 cm³/mol. The molecule has 0 radical (unpaired) electrons. The molecule has 0 atom stereocenters. The van der Waals surface area contributed by atoms with E-state index in [-0.39, 0.29) is 17.9 Å². The van der Waals surface area contributed by atoms with Crippen LogP contribution in [0.3, 0.4) is 0 Å². The van der Waals surface area contributed by atoms with Crippen LogP contribution in [0.25, 0.3) is 0 Å². The zero-order valence-electron chi connectivity index (χ0n) is 17.5. The van der Waals surface area contributed by atoms with E-state index in [1.165, 1.54) is 0 Å². The van der Waals surface area contributed by atoms with Crippen LogP contribution in [0.2, 0.25) is 0 Å². The molecule has 2 amide bonds. The van der Waals surface area contributed by atoms with Crippen molar-refractivity contribution in [2.24, 2.45) is 0 Å². The molecule has 0 aliphatic carbocycles. The molecule has 1 aliphatic heterocycles. The van der Waals surface area contributed by atoms with E-state index in [0.717, 1.165) is 11.1 Å². The van der Waals surface area contributed by atoms with Crippen molar-refractivity contribution >= 4 is 12.0 Å². The number of rotatable bonds is 4. The summed E-state index contributed by atoms with van der Waals surface area (Å²) in [7, 11) is 0. The SMILES string of the molecule is CC(C)(C)OC(=O)N1CCN(C(=O)CC(c2ccccc2)c2ccccc2)CC1. The van der Waals surface area contributed by atoms with E-state index < -0.39 is 5.60 Å². The van der Waals surface area contributed by atoms with Gasteiger partial charge in [-0.05, 0) is 31.9 Å². The Morgan fingerprint density at radius 1 is 0.828 bits per heavy atom.